The summed E-state index contributed by atoms with van der Waals surface area (Å²) in [5.41, 5.74) is 5.82. The van der Waals surface area contributed by atoms with Crippen molar-refractivity contribution in [1.29, 1.82) is 0 Å². The summed E-state index contributed by atoms with van der Waals surface area (Å²) < 4.78 is 26.6. The van der Waals surface area contributed by atoms with Crippen LogP contribution in [-0.2, 0) is 14.8 Å². The monoisotopic (exact) mass is 434 g/mol. The number of sulfonamides is 1. The van der Waals surface area contributed by atoms with E-state index in [-0.39, 0.29) is 27.8 Å². The van der Waals surface area contributed by atoms with Crippen LogP contribution in [0, 0.1) is 16.0 Å². The number of nitro benzene ring substituents is 1. The summed E-state index contributed by atoms with van der Waals surface area (Å²) in [4.78, 5) is 34.3. The minimum atomic E-state index is -4.12. The first-order valence-corrected chi connectivity index (χ1v) is 10.5. The third-order valence-electron chi connectivity index (χ3n) is 4.04. The summed E-state index contributed by atoms with van der Waals surface area (Å²) in [5, 5.41) is 13.3. The van der Waals surface area contributed by atoms with E-state index in [0.29, 0.717) is 6.42 Å². The summed E-state index contributed by atoms with van der Waals surface area (Å²) in [6.07, 6.45) is 0.337. The van der Waals surface area contributed by atoms with Crippen molar-refractivity contribution in [1.82, 2.24) is 4.72 Å². The van der Waals surface area contributed by atoms with Crippen molar-refractivity contribution in [3.8, 4) is 0 Å². The molecule has 0 saturated heterocycles. The zero-order valence-electron chi connectivity index (χ0n) is 16.4. The highest BCUT2D eigenvalue weighted by atomic mass is 32.2. The standard InChI is InChI=1S/C19H22N4O6S/c1-12(2)10-17(20)19(25)22-30(28,29)16-8-6-14(7-9-16)21-18(24)13-4-3-5-15(11-13)23(26)27/h3-9,11-12,17H,10,20H2,1-2H3,(H,21,24)(H,22,25)/t17-/m0/s1. The normalized spacial score (nSPS) is 12.3. The van der Waals surface area contributed by atoms with Gasteiger partial charge in [0, 0.05) is 23.4 Å². The maximum absolute atomic E-state index is 12.4. The van der Waals surface area contributed by atoms with Crippen LogP contribution in [0.1, 0.15) is 30.6 Å². The minimum absolute atomic E-state index is 0.0762. The molecule has 0 bridgehead atoms. The highest BCUT2D eigenvalue weighted by Crippen LogP contribution is 2.17. The average Bonchev–Trinajstić information content (AvgIpc) is 2.67. The Hall–Kier alpha value is -3.31. The Kier molecular flexibility index (Phi) is 7.24. The molecule has 10 nitrogen and oxygen atoms in total. The molecule has 0 saturated carbocycles. The Bertz CT molecular complexity index is 1050. The number of nitrogens with zero attached hydrogens (tertiary/aromatic N) is 1. The number of nitro groups is 1. The van der Waals surface area contributed by atoms with E-state index in [1.165, 1.54) is 42.5 Å². The lowest BCUT2D eigenvalue weighted by atomic mass is 10.0. The van der Waals surface area contributed by atoms with Gasteiger partial charge in [-0.1, -0.05) is 19.9 Å². The molecule has 11 heteroatoms. The van der Waals surface area contributed by atoms with E-state index in [1.54, 1.807) is 0 Å². The maximum atomic E-state index is 12.4. The smallest absolute Gasteiger partial charge is 0.270 e. The summed E-state index contributed by atoms with van der Waals surface area (Å²) in [7, 11) is -4.12. The first-order chi connectivity index (χ1) is 14.0. The molecule has 2 aromatic rings. The van der Waals surface area contributed by atoms with Crippen molar-refractivity contribution in [2.45, 2.75) is 31.2 Å². The number of rotatable bonds is 8. The van der Waals surface area contributed by atoms with Gasteiger partial charge in [-0.25, -0.2) is 13.1 Å². The number of carbonyl (C=O) groups excluding carboxylic acids is 2. The van der Waals surface area contributed by atoms with Crippen molar-refractivity contribution in [3.05, 3.63) is 64.2 Å². The summed E-state index contributed by atoms with van der Waals surface area (Å²) >= 11 is 0. The third-order valence-corrected chi connectivity index (χ3v) is 5.40. The van der Waals surface area contributed by atoms with Gasteiger partial charge in [0.25, 0.3) is 27.5 Å². The fourth-order valence-corrected chi connectivity index (χ4v) is 3.59. The first-order valence-electron chi connectivity index (χ1n) is 8.97. The Morgan fingerprint density at radius 1 is 1.13 bits per heavy atom. The molecule has 0 fully saturated rings. The topological polar surface area (TPSA) is 162 Å². The van der Waals surface area contributed by atoms with Crippen molar-refractivity contribution in [2.75, 3.05) is 5.32 Å². The molecular weight excluding hydrogens is 412 g/mol. The van der Waals surface area contributed by atoms with Crippen LogP contribution < -0.4 is 15.8 Å². The number of carbonyl (C=O) groups is 2. The van der Waals surface area contributed by atoms with E-state index in [2.05, 4.69) is 5.32 Å². The number of hydrogen-bond acceptors (Lipinski definition) is 7. The lowest BCUT2D eigenvalue weighted by molar-refractivity contribution is -0.384. The van der Waals surface area contributed by atoms with Gasteiger partial charge >= 0.3 is 0 Å². The van der Waals surface area contributed by atoms with Gasteiger partial charge in [0.2, 0.25) is 0 Å². The molecule has 2 aromatic carbocycles. The van der Waals surface area contributed by atoms with Gasteiger partial charge in [-0.2, -0.15) is 0 Å². The minimum Gasteiger partial charge on any atom is -0.322 e. The second kappa shape index (κ2) is 9.46. The lowest BCUT2D eigenvalue weighted by Gasteiger charge is -2.14. The van der Waals surface area contributed by atoms with Gasteiger partial charge in [0.15, 0.2) is 0 Å². The number of amides is 2. The molecule has 2 rings (SSSR count). The molecular formula is C19H22N4O6S. The number of benzene rings is 2. The van der Waals surface area contributed by atoms with Crippen LogP contribution in [-0.4, -0.2) is 31.2 Å². The van der Waals surface area contributed by atoms with E-state index in [4.69, 9.17) is 5.73 Å². The fraction of sp³-hybridized carbons (Fsp3) is 0.263. The molecule has 0 aliphatic heterocycles. The van der Waals surface area contributed by atoms with Crippen molar-refractivity contribution in [2.24, 2.45) is 11.7 Å². The summed E-state index contributed by atoms with van der Waals surface area (Å²) in [6, 6.07) is 9.34. The first kappa shape index (κ1) is 23.0. The highest BCUT2D eigenvalue weighted by Gasteiger charge is 2.22. The highest BCUT2D eigenvalue weighted by molar-refractivity contribution is 7.90. The van der Waals surface area contributed by atoms with Gasteiger partial charge in [0.05, 0.1) is 15.9 Å². The molecule has 0 radical (unpaired) electrons. The van der Waals surface area contributed by atoms with E-state index in [1.807, 2.05) is 18.6 Å². The van der Waals surface area contributed by atoms with E-state index in [0.717, 1.165) is 6.07 Å². The number of non-ortho nitro benzene ring substituents is 1. The Labute approximate surface area is 173 Å². The molecule has 0 aliphatic rings. The molecule has 1 atom stereocenters. The predicted molar refractivity (Wildman–Crippen MR) is 110 cm³/mol. The largest absolute Gasteiger partial charge is 0.322 e. The van der Waals surface area contributed by atoms with Crippen molar-refractivity contribution in [3.63, 3.8) is 0 Å². The molecule has 30 heavy (non-hydrogen) atoms. The predicted octanol–water partition coefficient (Wildman–Crippen LogP) is 2.03. The Balaban J connectivity index is 2.08. The molecule has 0 unspecified atom stereocenters. The van der Waals surface area contributed by atoms with Gasteiger partial charge < -0.3 is 11.1 Å². The van der Waals surface area contributed by atoms with E-state index < -0.39 is 32.8 Å². The van der Waals surface area contributed by atoms with Crippen LogP contribution in [0.4, 0.5) is 11.4 Å². The average molecular weight is 434 g/mol. The van der Waals surface area contributed by atoms with Crippen LogP contribution in [0.5, 0.6) is 0 Å². The number of hydrogen-bond donors (Lipinski definition) is 3. The zero-order valence-corrected chi connectivity index (χ0v) is 17.2. The van der Waals surface area contributed by atoms with Crippen LogP contribution in [0.25, 0.3) is 0 Å². The molecule has 160 valence electrons. The van der Waals surface area contributed by atoms with Crippen LogP contribution in [0.15, 0.2) is 53.4 Å². The third kappa shape index (κ3) is 6.09. The Morgan fingerprint density at radius 2 is 1.77 bits per heavy atom. The quantitative estimate of drug-likeness (QED) is 0.423. The molecule has 0 spiro atoms. The van der Waals surface area contributed by atoms with E-state index >= 15 is 0 Å². The van der Waals surface area contributed by atoms with Crippen LogP contribution >= 0.6 is 0 Å². The van der Waals surface area contributed by atoms with Gasteiger partial charge in [-0.3, -0.25) is 19.7 Å². The van der Waals surface area contributed by atoms with E-state index in [9.17, 15) is 28.1 Å². The molecule has 0 aliphatic carbocycles. The zero-order chi connectivity index (χ0) is 22.5. The maximum Gasteiger partial charge on any atom is 0.270 e. The van der Waals surface area contributed by atoms with Gasteiger partial charge in [-0.15, -0.1) is 0 Å². The molecule has 4 N–H and O–H groups in total. The lowest BCUT2D eigenvalue weighted by Crippen LogP contribution is -2.43. The summed E-state index contributed by atoms with van der Waals surface area (Å²) in [5.74, 6) is -1.27. The van der Waals surface area contributed by atoms with Crippen LogP contribution in [0.3, 0.4) is 0 Å². The van der Waals surface area contributed by atoms with Crippen LogP contribution in [0.2, 0.25) is 0 Å². The number of nitrogens with two attached hydrogens (primary N) is 1. The fourth-order valence-electron chi connectivity index (χ4n) is 2.56. The van der Waals surface area contributed by atoms with Crippen molar-refractivity contribution >= 4 is 33.2 Å². The van der Waals surface area contributed by atoms with Crippen molar-refractivity contribution < 1.29 is 22.9 Å². The molecule has 0 heterocycles. The second-order valence-electron chi connectivity index (χ2n) is 6.99. The number of nitrogens with one attached hydrogen (secondary N) is 2. The van der Waals surface area contributed by atoms with Gasteiger partial charge in [-0.05, 0) is 42.7 Å². The number of anilines is 1. The molecule has 2 amide bonds. The second-order valence-corrected chi connectivity index (χ2v) is 8.67. The Morgan fingerprint density at radius 3 is 2.33 bits per heavy atom. The summed E-state index contributed by atoms with van der Waals surface area (Å²) in [6.45, 7) is 3.73. The SMILES string of the molecule is CC(C)C[C@H](N)C(=O)NS(=O)(=O)c1ccc(NC(=O)c2cccc([N+](=O)[O-])c2)cc1. The van der Waals surface area contributed by atoms with Gasteiger partial charge in [0.1, 0.15) is 0 Å². The molecule has 0 aromatic heterocycles.